The van der Waals surface area contributed by atoms with E-state index in [9.17, 15) is 9.59 Å². The van der Waals surface area contributed by atoms with Crippen molar-refractivity contribution in [3.05, 3.63) is 41.0 Å². The van der Waals surface area contributed by atoms with E-state index in [1.807, 2.05) is 31.2 Å². The molecule has 1 rings (SSSR count). The molecule has 0 aliphatic rings. The van der Waals surface area contributed by atoms with Crippen LogP contribution in [0.4, 0.5) is 0 Å². The Morgan fingerprint density at radius 1 is 1.00 bits per heavy atom. The van der Waals surface area contributed by atoms with Crippen molar-refractivity contribution >= 4 is 17.6 Å². The summed E-state index contributed by atoms with van der Waals surface area (Å²) in [5, 5.41) is 0. The molecule has 0 aromatic heterocycles. The molecule has 0 heterocycles. The summed E-state index contributed by atoms with van der Waals surface area (Å²) in [6.07, 6.45) is 2.42. The Hall–Kier alpha value is -1.70. The molecule has 0 bridgehead atoms. The van der Waals surface area contributed by atoms with Gasteiger partial charge in [0.15, 0.2) is 11.6 Å². The lowest BCUT2D eigenvalue weighted by atomic mass is 9.99. The first kappa shape index (κ1) is 13.4. The first-order valence-electron chi connectivity index (χ1n) is 5.93. The molecule has 0 fully saturated rings. The molecule has 0 amide bonds. The van der Waals surface area contributed by atoms with Crippen LogP contribution in [0.2, 0.25) is 0 Å². The average Bonchev–Trinajstić information content (AvgIpc) is 2.36. The Kier molecular flexibility index (Phi) is 4.83. The number of carbonyl (C=O) groups is 2. The van der Waals surface area contributed by atoms with Crippen molar-refractivity contribution < 1.29 is 9.59 Å². The van der Waals surface area contributed by atoms with Crippen molar-refractivity contribution in [3.63, 3.8) is 0 Å². The van der Waals surface area contributed by atoms with E-state index < -0.39 is 0 Å². The largest absolute Gasteiger partial charge is 0.294 e. The van der Waals surface area contributed by atoms with E-state index in [0.29, 0.717) is 18.4 Å². The van der Waals surface area contributed by atoms with E-state index in [1.54, 1.807) is 19.9 Å². The number of carbonyl (C=O) groups excluding carboxylic acids is 2. The summed E-state index contributed by atoms with van der Waals surface area (Å²) in [6.45, 7) is 5.55. The Balaban J connectivity index is 3.09. The number of rotatable bonds is 5. The van der Waals surface area contributed by atoms with Gasteiger partial charge in [0.2, 0.25) is 0 Å². The highest BCUT2D eigenvalue weighted by Gasteiger charge is 2.14. The molecular formula is C15H18O2. The molecule has 0 spiro atoms. The summed E-state index contributed by atoms with van der Waals surface area (Å²) >= 11 is 0. The first-order chi connectivity index (χ1) is 8.08. The monoisotopic (exact) mass is 230 g/mol. The topological polar surface area (TPSA) is 34.1 Å². The van der Waals surface area contributed by atoms with E-state index in [0.717, 1.165) is 11.1 Å². The molecule has 0 aliphatic heterocycles. The summed E-state index contributed by atoms with van der Waals surface area (Å²) in [5.41, 5.74) is 2.38. The molecule has 0 N–H and O–H groups in total. The zero-order chi connectivity index (χ0) is 12.8. The second-order valence-electron chi connectivity index (χ2n) is 4.02. The second kappa shape index (κ2) is 6.14. The highest BCUT2D eigenvalue weighted by Crippen LogP contribution is 2.12. The van der Waals surface area contributed by atoms with Gasteiger partial charge >= 0.3 is 0 Å². The lowest BCUT2D eigenvalue weighted by Crippen LogP contribution is -2.10. The fourth-order valence-corrected chi connectivity index (χ4v) is 1.53. The van der Waals surface area contributed by atoms with Crippen molar-refractivity contribution in [2.45, 2.75) is 33.6 Å². The van der Waals surface area contributed by atoms with Gasteiger partial charge in [-0.15, -0.1) is 0 Å². The summed E-state index contributed by atoms with van der Waals surface area (Å²) in [6, 6.07) is 7.77. The third-order valence-electron chi connectivity index (χ3n) is 2.63. The van der Waals surface area contributed by atoms with Crippen LogP contribution in [0.5, 0.6) is 0 Å². The molecule has 0 radical (unpaired) electrons. The van der Waals surface area contributed by atoms with E-state index in [1.165, 1.54) is 0 Å². The SMILES string of the molecule is CCC(=O)C(=Cc1ccc(C)cc1)C(=O)CC. The van der Waals surface area contributed by atoms with Gasteiger partial charge in [-0.05, 0) is 18.6 Å². The van der Waals surface area contributed by atoms with Crippen LogP contribution in [0, 0.1) is 6.92 Å². The number of hydrogen-bond acceptors (Lipinski definition) is 2. The minimum Gasteiger partial charge on any atom is -0.294 e. The maximum atomic E-state index is 11.7. The molecule has 0 saturated heterocycles. The first-order valence-corrected chi connectivity index (χ1v) is 5.93. The number of aryl methyl sites for hydroxylation is 1. The zero-order valence-electron chi connectivity index (χ0n) is 10.6. The summed E-state index contributed by atoms with van der Waals surface area (Å²) < 4.78 is 0. The number of Topliss-reactive ketones (excluding diaryl/α,β-unsaturated/α-hetero) is 2. The zero-order valence-corrected chi connectivity index (χ0v) is 10.6. The van der Waals surface area contributed by atoms with Crippen molar-refractivity contribution in [2.24, 2.45) is 0 Å². The molecule has 2 nitrogen and oxygen atoms in total. The maximum absolute atomic E-state index is 11.7. The number of hydrogen-bond donors (Lipinski definition) is 0. The van der Waals surface area contributed by atoms with E-state index in [2.05, 4.69) is 0 Å². The van der Waals surface area contributed by atoms with Gasteiger partial charge in [-0.25, -0.2) is 0 Å². The quantitative estimate of drug-likeness (QED) is 0.441. The maximum Gasteiger partial charge on any atom is 0.166 e. The Morgan fingerprint density at radius 3 is 1.88 bits per heavy atom. The Morgan fingerprint density at radius 2 is 1.47 bits per heavy atom. The predicted molar refractivity (Wildman–Crippen MR) is 69.8 cm³/mol. The van der Waals surface area contributed by atoms with Gasteiger partial charge in [-0.1, -0.05) is 43.7 Å². The summed E-state index contributed by atoms with van der Waals surface area (Å²) in [4.78, 5) is 23.4. The van der Waals surface area contributed by atoms with Crippen molar-refractivity contribution in [3.8, 4) is 0 Å². The molecule has 0 saturated carbocycles. The number of allylic oxidation sites excluding steroid dienone is 1. The summed E-state index contributed by atoms with van der Waals surface area (Å²) in [7, 11) is 0. The molecule has 0 atom stereocenters. The van der Waals surface area contributed by atoms with Crippen LogP contribution in [-0.2, 0) is 9.59 Å². The van der Waals surface area contributed by atoms with E-state index >= 15 is 0 Å². The van der Waals surface area contributed by atoms with Crippen molar-refractivity contribution in [1.82, 2.24) is 0 Å². The molecule has 90 valence electrons. The average molecular weight is 230 g/mol. The van der Waals surface area contributed by atoms with Crippen molar-refractivity contribution in [2.75, 3.05) is 0 Å². The van der Waals surface area contributed by atoms with Crippen LogP contribution >= 0.6 is 0 Å². The lowest BCUT2D eigenvalue weighted by Gasteiger charge is -2.03. The number of ketones is 2. The van der Waals surface area contributed by atoms with E-state index in [4.69, 9.17) is 0 Å². The van der Waals surface area contributed by atoms with E-state index in [-0.39, 0.29) is 11.6 Å². The fraction of sp³-hybridized carbons (Fsp3) is 0.333. The smallest absolute Gasteiger partial charge is 0.166 e. The van der Waals surface area contributed by atoms with Crippen molar-refractivity contribution in [1.29, 1.82) is 0 Å². The van der Waals surface area contributed by atoms with Gasteiger partial charge in [-0.2, -0.15) is 0 Å². The highest BCUT2D eigenvalue weighted by atomic mass is 16.1. The highest BCUT2D eigenvalue weighted by molar-refractivity contribution is 6.23. The van der Waals surface area contributed by atoms with Crippen LogP contribution in [0.1, 0.15) is 37.8 Å². The minimum atomic E-state index is -0.0857. The third kappa shape index (κ3) is 3.66. The molecule has 17 heavy (non-hydrogen) atoms. The lowest BCUT2D eigenvalue weighted by molar-refractivity contribution is -0.121. The fourth-order valence-electron chi connectivity index (χ4n) is 1.53. The van der Waals surface area contributed by atoms with Gasteiger partial charge in [0.25, 0.3) is 0 Å². The normalized spacial score (nSPS) is 9.82. The van der Waals surface area contributed by atoms with Gasteiger partial charge < -0.3 is 0 Å². The van der Waals surface area contributed by atoms with Gasteiger partial charge in [0.05, 0.1) is 5.57 Å². The van der Waals surface area contributed by atoms with Gasteiger partial charge in [0, 0.05) is 12.8 Å². The Bertz CT molecular complexity index is 420. The molecule has 0 unspecified atom stereocenters. The van der Waals surface area contributed by atoms with Crippen LogP contribution in [0.15, 0.2) is 29.8 Å². The van der Waals surface area contributed by atoms with Crippen LogP contribution in [-0.4, -0.2) is 11.6 Å². The minimum absolute atomic E-state index is 0.0857. The third-order valence-corrected chi connectivity index (χ3v) is 2.63. The van der Waals surface area contributed by atoms with Gasteiger partial charge in [0.1, 0.15) is 0 Å². The van der Waals surface area contributed by atoms with Gasteiger partial charge in [-0.3, -0.25) is 9.59 Å². The molecule has 0 aliphatic carbocycles. The standard InChI is InChI=1S/C15H18O2/c1-4-14(16)13(15(17)5-2)10-12-8-6-11(3)7-9-12/h6-10H,4-5H2,1-3H3. The van der Waals surface area contributed by atoms with Crippen LogP contribution in [0.25, 0.3) is 6.08 Å². The molecule has 1 aromatic rings. The summed E-state index contributed by atoms with van der Waals surface area (Å²) in [5.74, 6) is -0.171. The number of benzene rings is 1. The molecule has 2 heteroatoms. The van der Waals surface area contributed by atoms with Crippen LogP contribution in [0.3, 0.4) is 0 Å². The van der Waals surface area contributed by atoms with Crippen LogP contribution < -0.4 is 0 Å². The Labute approximate surface area is 102 Å². The molecule has 1 aromatic carbocycles. The second-order valence-corrected chi connectivity index (χ2v) is 4.02. The predicted octanol–water partition coefficient (Wildman–Crippen LogP) is 3.34. The molecular weight excluding hydrogens is 212 g/mol.